The van der Waals surface area contributed by atoms with Gasteiger partial charge in [0.25, 0.3) is 0 Å². The lowest BCUT2D eigenvalue weighted by Gasteiger charge is -2.25. The number of amides is 1. The zero-order valence-corrected chi connectivity index (χ0v) is 21.9. The van der Waals surface area contributed by atoms with Crippen LogP contribution in [-0.4, -0.2) is 39.5 Å². The molecule has 10 heteroatoms. The van der Waals surface area contributed by atoms with Crippen LogP contribution in [0.3, 0.4) is 0 Å². The second-order valence-electron chi connectivity index (χ2n) is 8.67. The number of hydrogen-bond acceptors (Lipinski definition) is 7. The van der Waals surface area contributed by atoms with E-state index in [9.17, 15) is 9.59 Å². The molecule has 2 aromatic carbocycles. The van der Waals surface area contributed by atoms with Gasteiger partial charge in [-0.1, -0.05) is 48.7 Å². The maximum Gasteiger partial charge on any atom is 0.337 e. The van der Waals surface area contributed by atoms with Crippen molar-refractivity contribution in [3.8, 4) is 5.75 Å². The standard InChI is InChI=1S/C26H29ClN4O4S/c1-17-13-21(11-12-22(17)27)35-15-23-29-30-26(31(23)20-9-4-3-5-10-20)36-16-24(32)28-19-8-6-7-18(14-19)25(33)34-2/h6-8,11-14,20H,3-5,9-10,15-16H2,1-2H3,(H,28,32). The normalized spacial score (nSPS) is 13.9. The molecule has 0 saturated heterocycles. The Morgan fingerprint density at radius 1 is 1.14 bits per heavy atom. The molecule has 1 aliphatic rings. The van der Waals surface area contributed by atoms with Crippen molar-refractivity contribution in [1.29, 1.82) is 0 Å². The van der Waals surface area contributed by atoms with Crippen LogP contribution in [0, 0.1) is 6.92 Å². The Kier molecular flexibility index (Phi) is 8.88. The first-order chi connectivity index (χ1) is 17.4. The fourth-order valence-corrected chi connectivity index (χ4v) is 5.18. The van der Waals surface area contributed by atoms with Gasteiger partial charge < -0.3 is 14.8 Å². The number of hydrogen-bond donors (Lipinski definition) is 1. The van der Waals surface area contributed by atoms with Crippen LogP contribution in [0.2, 0.25) is 5.02 Å². The number of methoxy groups -OCH3 is 1. The van der Waals surface area contributed by atoms with Crippen molar-refractivity contribution < 1.29 is 19.1 Å². The van der Waals surface area contributed by atoms with Crippen LogP contribution in [-0.2, 0) is 16.1 Å². The summed E-state index contributed by atoms with van der Waals surface area (Å²) in [6.07, 6.45) is 5.63. The number of nitrogens with zero attached hydrogens (tertiary/aromatic N) is 3. The number of carbonyl (C=O) groups excluding carboxylic acids is 2. The topological polar surface area (TPSA) is 95.3 Å². The molecule has 4 rings (SSSR count). The summed E-state index contributed by atoms with van der Waals surface area (Å²) in [5.41, 5.74) is 1.85. The van der Waals surface area contributed by atoms with E-state index in [1.54, 1.807) is 24.3 Å². The summed E-state index contributed by atoms with van der Waals surface area (Å²) in [4.78, 5) is 24.4. The van der Waals surface area contributed by atoms with Gasteiger partial charge in [-0.15, -0.1) is 10.2 Å². The predicted molar refractivity (Wildman–Crippen MR) is 140 cm³/mol. The van der Waals surface area contributed by atoms with Crippen LogP contribution in [0.15, 0.2) is 47.6 Å². The SMILES string of the molecule is COC(=O)c1cccc(NC(=O)CSc2nnc(COc3ccc(Cl)c(C)c3)n2C2CCCCC2)c1. The van der Waals surface area contributed by atoms with Gasteiger partial charge in [-0.05, 0) is 61.7 Å². The first kappa shape index (κ1) is 26.0. The molecule has 8 nitrogen and oxygen atoms in total. The van der Waals surface area contributed by atoms with Crippen molar-refractivity contribution in [2.75, 3.05) is 18.2 Å². The molecule has 0 spiro atoms. The summed E-state index contributed by atoms with van der Waals surface area (Å²) in [5, 5.41) is 13.0. The van der Waals surface area contributed by atoms with Gasteiger partial charge in [-0.2, -0.15) is 0 Å². The number of rotatable bonds is 9. The smallest absolute Gasteiger partial charge is 0.337 e. The number of nitrogens with one attached hydrogen (secondary N) is 1. The van der Waals surface area contributed by atoms with Gasteiger partial charge in [0.1, 0.15) is 12.4 Å². The Bertz CT molecular complexity index is 1230. The highest BCUT2D eigenvalue weighted by Crippen LogP contribution is 2.33. The molecule has 0 aliphatic heterocycles. The van der Waals surface area contributed by atoms with Crippen molar-refractivity contribution in [3.05, 3.63) is 64.4 Å². The van der Waals surface area contributed by atoms with E-state index < -0.39 is 5.97 Å². The fraction of sp³-hybridized carbons (Fsp3) is 0.385. The molecule has 1 N–H and O–H groups in total. The van der Waals surface area contributed by atoms with E-state index in [1.165, 1.54) is 25.3 Å². The molecule has 0 radical (unpaired) electrons. The van der Waals surface area contributed by atoms with Crippen LogP contribution in [0.25, 0.3) is 0 Å². The molecule has 1 aliphatic carbocycles. The van der Waals surface area contributed by atoms with Gasteiger partial charge in [0.15, 0.2) is 11.0 Å². The molecular weight excluding hydrogens is 500 g/mol. The Morgan fingerprint density at radius 3 is 2.69 bits per heavy atom. The summed E-state index contributed by atoms with van der Waals surface area (Å²) < 4.78 is 12.9. The zero-order valence-electron chi connectivity index (χ0n) is 20.3. The molecule has 3 aromatic rings. The number of anilines is 1. The largest absolute Gasteiger partial charge is 0.486 e. The van der Waals surface area contributed by atoms with Gasteiger partial charge in [0.2, 0.25) is 5.91 Å². The number of carbonyl (C=O) groups is 2. The van der Waals surface area contributed by atoms with Crippen LogP contribution < -0.4 is 10.1 Å². The van der Waals surface area contributed by atoms with Gasteiger partial charge in [0, 0.05) is 16.8 Å². The third-order valence-electron chi connectivity index (χ3n) is 6.07. The number of benzene rings is 2. The fourth-order valence-electron chi connectivity index (χ4n) is 4.23. The minimum absolute atomic E-state index is 0.157. The molecule has 1 aromatic heterocycles. The number of thioether (sulfide) groups is 1. The van der Waals surface area contributed by atoms with Crippen molar-refractivity contribution in [2.45, 2.75) is 56.8 Å². The van der Waals surface area contributed by atoms with Crippen LogP contribution in [0.4, 0.5) is 5.69 Å². The van der Waals surface area contributed by atoms with Crippen LogP contribution in [0.1, 0.15) is 59.9 Å². The Balaban J connectivity index is 1.44. The summed E-state index contributed by atoms with van der Waals surface area (Å²) in [7, 11) is 1.32. The van der Waals surface area contributed by atoms with Crippen LogP contribution >= 0.6 is 23.4 Å². The lowest BCUT2D eigenvalue weighted by Crippen LogP contribution is -2.19. The molecule has 36 heavy (non-hydrogen) atoms. The highest BCUT2D eigenvalue weighted by molar-refractivity contribution is 7.99. The Labute approximate surface area is 219 Å². The molecule has 0 atom stereocenters. The molecule has 1 saturated carbocycles. The second kappa shape index (κ2) is 12.3. The number of aromatic nitrogens is 3. The summed E-state index contributed by atoms with van der Waals surface area (Å²) >= 11 is 7.47. The average Bonchev–Trinajstić information content (AvgIpc) is 3.31. The molecule has 1 heterocycles. The van der Waals surface area contributed by atoms with E-state index in [-0.39, 0.29) is 24.3 Å². The van der Waals surface area contributed by atoms with Crippen molar-refractivity contribution >= 4 is 40.9 Å². The zero-order chi connectivity index (χ0) is 25.5. The third-order valence-corrected chi connectivity index (χ3v) is 7.44. The quantitative estimate of drug-likeness (QED) is 0.275. The van der Waals surface area contributed by atoms with E-state index in [0.29, 0.717) is 21.4 Å². The van der Waals surface area contributed by atoms with Gasteiger partial charge in [0.05, 0.1) is 18.4 Å². The van der Waals surface area contributed by atoms with E-state index >= 15 is 0 Å². The van der Waals surface area contributed by atoms with E-state index in [0.717, 1.165) is 42.8 Å². The Morgan fingerprint density at radius 2 is 1.94 bits per heavy atom. The van der Waals surface area contributed by atoms with Crippen molar-refractivity contribution in [3.63, 3.8) is 0 Å². The molecule has 190 valence electrons. The predicted octanol–water partition coefficient (Wildman–Crippen LogP) is 5.84. The van der Waals surface area contributed by atoms with Crippen LogP contribution in [0.5, 0.6) is 5.75 Å². The Hall–Kier alpha value is -3.04. The minimum atomic E-state index is -0.454. The minimum Gasteiger partial charge on any atom is -0.486 e. The highest BCUT2D eigenvalue weighted by atomic mass is 35.5. The molecular formula is C26H29ClN4O4S. The number of aryl methyl sites for hydroxylation is 1. The van der Waals surface area contributed by atoms with Gasteiger partial charge >= 0.3 is 5.97 Å². The summed E-state index contributed by atoms with van der Waals surface area (Å²) in [5.74, 6) is 0.963. The van der Waals surface area contributed by atoms with Gasteiger partial charge in [-0.3, -0.25) is 9.36 Å². The number of ether oxygens (including phenoxy) is 2. The molecule has 0 bridgehead atoms. The first-order valence-electron chi connectivity index (χ1n) is 11.9. The number of halogens is 1. The van der Waals surface area contributed by atoms with Crippen molar-refractivity contribution in [1.82, 2.24) is 14.8 Å². The molecule has 0 unspecified atom stereocenters. The van der Waals surface area contributed by atoms with E-state index in [1.807, 2.05) is 25.1 Å². The monoisotopic (exact) mass is 528 g/mol. The average molecular weight is 529 g/mol. The second-order valence-corrected chi connectivity index (χ2v) is 10.0. The van der Waals surface area contributed by atoms with E-state index in [2.05, 4.69) is 20.1 Å². The van der Waals surface area contributed by atoms with E-state index in [4.69, 9.17) is 21.1 Å². The maximum atomic E-state index is 12.7. The van der Waals surface area contributed by atoms with Gasteiger partial charge in [-0.25, -0.2) is 4.79 Å². The summed E-state index contributed by atoms with van der Waals surface area (Å²) in [6.45, 7) is 2.21. The lowest BCUT2D eigenvalue weighted by atomic mass is 9.95. The van der Waals surface area contributed by atoms with Crippen molar-refractivity contribution in [2.24, 2.45) is 0 Å². The summed E-state index contributed by atoms with van der Waals surface area (Å²) in [6, 6.07) is 12.5. The molecule has 1 amide bonds. The molecule has 1 fully saturated rings. The first-order valence-corrected chi connectivity index (χ1v) is 13.2. The number of esters is 1. The highest BCUT2D eigenvalue weighted by Gasteiger charge is 2.24. The maximum absolute atomic E-state index is 12.7. The lowest BCUT2D eigenvalue weighted by molar-refractivity contribution is -0.113. The third kappa shape index (κ3) is 6.59.